The molecule has 0 aliphatic rings. The van der Waals surface area contributed by atoms with Crippen LogP contribution in [0.1, 0.15) is 22.4 Å². The van der Waals surface area contributed by atoms with Gasteiger partial charge in [0.1, 0.15) is 21.2 Å². The van der Waals surface area contributed by atoms with Gasteiger partial charge in [0, 0.05) is 19.2 Å². The van der Waals surface area contributed by atoms with Crippen molar-refractivity contribution in [2.24, 2.45) is 0 Å². The highest BCUT2D eigenvalue weighted by Crippen LogP contribution is 2.27. The first kappa shape index (κ1) is 22.4. The molecule has 30 heavy (non-hydrogen) atoms. The second kappa shape index (κ2) is 8.07. The molecule has 0 aliphatic heterocycles. The van der Waals surface area contributed by atoms with E-state index in [9.17, 15) is 13.0 Å². The Balaban J connectivity index is 0.000000178. The summed E-state index contributed by atoms with van der Waals surface area (Å²) < 4.78 is 36.2. The molecule has 0 spiro atoms. The molecule has 0 saturated heterocycles. The third kappa shape index (κ3) is 4.11. The number of nitrogens with zero attached hydrogens (tertiary/aromatic N) is 2. The molecule has 4 rings (SSSR count). The fraction of sp³-hybridized carbons (Fsp3) is 0.190. The van der Waals surface area contributed by atoms with Gasteiger partial charge in [0.2, 0.25) is 5.69 Å². The highest BCUT2D eigenvalue weighted by molar-refractivity contribution is 7.85. The summed E-state index contributed by atoms with van der Waals surface area (Å²) in [6.07, 6.45) is 1.98. The number of rotatable bonds is 1. The lowest BCUT2D eigenvalue weighted by Crippen LogP contribution is -2.48. The minimum atomic E-state index is -4.33. The Morgan fingerprint density at radius 3 is 2.10 bits per heavy atom. The zero-order valence-electron chi connectivity index (χ0n) is 16.9. The van der Waals surface area contributed by atoms with Gasteiger partial charge >= 0.3 is 0 Å². The summed E-state index contributed by atoms with van der Waals surface area (Å²) in [7, 11) is -4.33. The van der Waals surface area contributed by atoms with Crippen molar-refractivity contribution in [3.8, 4) is 0 Å². The molecule has 0 bridgehead atoms. The van der Waals surface area contributed by atoms with Crippen LogP contribution in [0, 0.1) is 27.7 Å². The van der Waals surface area contributed by atoms with E-state index in [0.29, 0.717) is 21.2 Å². The second-order valence-electron chi connectivity index (χ2n) is 7.16. The minimum Gasteiger partial charge on any atom is -0.744 e. The van der Waals surface area contributed by atoms with Crippen LogP contribution in [0.15, 0.2) is 47.5 Å². The molecule has 0 radical (unpaired) electrons. The molecule has 0 aliphatic carbocycles. The highest BCUT2D eigenvalue weighted by atomic mass is 35.5. The Labute approximate surface area is 185 Å². The van der Waals surface area contributed by atoms with Gasteiger partial charge in [-0.05, 0) is 50.1 Å². The number of aryl methyl sites for hydroxylation is 4. The zero-order chi connectivity index (χ0) is 22.4. The van der Waals surface area contributed by atoms with Gasteiger partial charge in [-0.15, -0.1) is 0 Å². The molecule has 0 atom stereocenters. The van der Waals surface area contributed by atoms with Gasteiger partial charge < -0.3 is 8.95 Å². The average molecular weight is 466 g/mol. The molecule has 2 aromatic carbocycles. The van der Waals surface area contributed by atoms with E-state index in [4.69, 9.17) is 29.0 Å². The van der Waals surface area contributed by atoms with Gasteiger partial charge in [0.15, 0.2) is 0 Å². The van der Waals surface area contributed by atoms with Crippen molar-refractivity contribution in [1.29, 1.82) is 0 Å². The quantitative estimate of drug-likeness (QED) is 0.258. The molecule has 0 fully saturated rings. The van der Waals surface area contributed by atoms with Gasteiger partial charge in [-0.2, -0.15) is 0 Å². The van der Waals surface area contributed by atoms with Crippen LogP contribution in [0.3, 0.4) is 0 Å². The Morgan fingerprint density at radius 1 is 0.967 bits per heavy atom. The number of aromatic nitrogens is 2. The van der Waals surface area contributed by atoms with Crippen molar-refractivity contribution in [2.75, 3.05) is 5.84 Å². The van der Waals surface area contributed by atoms with E-state index in [1.165, 1.54) is 0 Å². The average Bonchev–Trinajstić information content (AvgIpc) is 3.10. The molecule has 0 amide bonds. The normalized spacial score (nSPS) is 11.6. The third-order valence-electron chi connectivity index (χ3n) is 4.87. The summed E-state index contributed by atoms with van der Waals surface area (Å²) in [5.41, 5.74) is 5.81. The van der Waals surface area contributed by atoms with Crippen LogP contribution in [0.4, 0.5) is 0 Å². The predicted molar refractivity (Wildman–Crippen MR) is 119 cm³/mol. The first-order valence-corrected chi connectivity index (χ1v) is 11.2. The summed E-state index contributed by atoms with van der Waals surface area (Å²) in [6.45, 7) is 7.09. The first-order valence-electron chi connectivity index (χ1n) is 9.01. The molecular formula is C21H21Cl2N3O3S. The molecule has 6 nitrogen and oxygen atoms in total. The predicted octanol–water partition coefficient (Wildman–Crippen LogP) is 4.22. The maximum atomic E-state index is 10.8. The number of nitrogen functional groups attached to an aromatic ring is 1. The molecule has 2 N–H and O–H groups in total. The van der Waals surface area contributed by atoms with Crippen molar-refractivity contribution in [3.63, 3.8) is 0 Å². The number of halogens is 2. The fourth-order valence-corrected chi connectivity index (χ4v) is 4.89. The Bertz CT molecular complexity index is 1370. The van der Waals surface area contributed by atoms with Gasteiger partial charge in [-0.3, -0.25) is 0 Å². The minimum absolute atomic E-state index is 0.0851. The third-order valence-corrected chi connectivity index (χ3v) is 6.74. The number of hydrogen-bond acceptors (Lipinski definition) is 4. The molecule has 158 valence electrons. The first-order chi connectivity index (χ1) is 13.9. The monoisotopic (exact) mass is 465 g/mol. The van der Waals surface area contributed by atoms with Gasteiger partial charge in [-0.25, -0.2) is 14.3 Å². The van der Waals surface area contributed by atoms with Crippen LogP contribution < -0.4 is 10.5 Å². The molecule has 0 saturated carbocycles. The lowest BCUT2D eigenvalue weighted by molar-refractivity contribution is -0.617. The molecule has 2 aromatic heterocycles. The number of hydrogen-bond donors (Lipinski definition) is 1. The standard InChI is InChI=1S/C12H10Cl2N3.C9H12O3S/c1-7-10-3-2-4-16(10)11-5-8(13)9(14)6-12(11)17(7)15;1-6-4-7(2)9(8(3)5-6)13(10,11)12/h2-6H,15H2,1H3;4-5H,1-3H3,(H,10,11,12)/q+1;/p-1. The van der Waals surface area contributed by atoms with Crippen LogP contribution in [-0.2, 0) is 10.1 Å². The van der Waals surface area contributed by atoms with Gasteiger partial charge in [-0.1, -0.05) is 45.6 Å². The second-order valence-corrected chi connectivity index (χ2v) is 9.29. The maximum Gasteiger partial charge on any atom is 0.260 e. The van der Waals surface area contributed by atoms with Crippen LogP contribution in [0.25, 0.3) is 16.6 Å². The number of nitrogens with two attached hydrogens (primary N) is 1. The Hall–Kier alpha value is -2.32. The van der Waals surface area contributed by atoms with Crippen LogP contribution in [-0.4, -0.2) is 17.4 Å². The van der Waals surface area contributed by atoms with Gasteiger partial charge in [0.25, 0.3) is 5.52 Å². The molecule has 0 unspecified atom stereocenters. The van der Waals surface area contributed by atoms with E-state index >= 15 is 0 Å². The SMILES string of the molecule is Cc1c2cccn2c2cc(Cl)c(Cl)cc2[n+]1N.Cc1cc(C)c(S(=O)(=O)[O-])c(C)c1. The maximum absolute atomic E-state index is 10.8. The number of benzene rings is 2. The lowest BCUT2D eigenvalue weighted by atomic mass is 10.1. The summed E-state index contributed by atoms with van der Waals surface area (Å²) in [6, 6.07) is 11.0. The van der Waals surface area contributed by atoms with Crippen LogP contribution in [0.5, 0.6) is 0 Å². The molecule has 4 aromatic rings. The van der Waals surface area contributed by atoms with Crippen LogP contribution in [0.2, 0.25) is 10.0 Å². The highest BCUT2D eigenvalue weighted by Gasteiger charge is 2.18. The topological polar surface area (TPSA) is 91.5 Å². The smallest absolute Gasteiger partial charge is 0.260 e. The van der Waals surface area contributed by atoms with Gasteiger partial charge in [0.05, 0.1) is 14.9 Å². The van der Waals surface area contributed by atoms with E-state index in [0.717, 1.165) is 27.8 Å². The fourth-order valence-electron chi connectivity index (χ4n) is 3.66. The van der Waals surface area contributed by atoms with E-state index in [-0.39, 0.29) is 4.90 Å². The van der Waals surface area contributed by atoms with Crippen molar-refractivity contribution in [2.45, 2.75) is 32.6 Å². The summed E-state index contributed by atoms with van der Waals surface area (Å²) in [4.78, 5) is -0.0851. The summed E-state index contributed by atoms with van der Waals surface area (Å²) in [5, 5.41) is 1.03. The van der Waals surface area contributed by atoms with Crippen LogP contribution >= 0.6 is 23.2 Å². The zero-order valence-corrected chi connectivity index (χ0v) is 19.2. The van der Waals surface area contributed by atoms with Crippen molar-refractivity contribution in [3.05, 3.63) is 75.0 Å². The van der Waals surface area contributed by atoms with Crippen molar-refractivity contribution < 1.29 is 17.6 Å². The largest absolute Gasteiger partial charge is 0.744 e. The van der Waals surface area contributed by atoms with Crippen molar-refractivity contribution in [1.82, 2.24) is 4.40 Å². The molecule has 9 heteroatoms. The summed E-state index contributed by atoms with van der Waals surface area (Å²) >= 11 is 12.1. The van der Waals surface area contributed by atoms with E-state index in [2.05, 4.69) is 4.40 Å². The lowest BCUT2D eigenvalue weighted by Gasteiger charge is -2.14. The van der Waals surface area contributed by atoms with Crippen molar-refractivity contribution >= 4 is 49.9 Å². The number of fused-ring (bicyclic) bond motifs is 3. The van der Waals surface area contributed by atoms with E-state index in [1.807, 2.05) is 38.2 Å². The Morgan fingerprint density at radius 2 is 1.53 bits per heavy atom. The Kier molecular flexibility index (Phi) is 6.02. The van der Waals surface area contributed by atoms with E-state index in [1.54, 1.807) is 36.7 Å². The molecule has 2 heterocycles. The summed E-state index contributed by atoms with van der Waals surface area (Å²) in [5.74, 6) is 6.06. The van der Waals surface area contributed by atoms with E-state index < -0.39 is 10.1 Å². The molecular weight excluding hydrogens is 445 g/mol.